The standard InChI is InChI=1S/C34H43N3O5S/c1-5-32(34(39)35-28-14-7-6-8-15-28)36(23-27-13-10-9-12-26(27)3)33(38)24-37(29-16-11-17-30(22-29)42-4)43(40,41)31-20-18-25(2)19-21-31/h9-13,16-22,28,32H,5-8,14-15,23-24H2,1-4H3,(H,35,39)/t32-/m0/s1. The second kappa shape index (κ2) is 14.6. The number of carbonyl (C=O) groups excluding carboxylic acids is 2. The van der Waals surface area contributed by atoms with Crippen LogP contribution >= 0.6 is 0 Å². The van der Waals surface area contributed by atoms with Crippen molar-refractivity contribution in [3.05, 3.63) is 89.5 Å². The largest absolute Gasteiger partial charge is 0.497 e. The van der Waals surface area contributed by atoms with Crippen molar-refractivity contribution in [2.75, 3.05) is 18.0 Å². The van der Waals surface area contributed by atoms with Gasteiger partial charge in [-0.25, -0.2) is 8.42 Å². The Morgan fingerprint density at radius 2 is 1.65 bits per heavy atom. The molecule has 9 heteroatoms. The Bertz CT molecular complexity index is 1500. The second-order valence-electron chi connectivity index (χ2n) is 11.2. The highest BCUT2D eigenvalue weighted by molar-refractivity contribution is 7.92. The molecule has 1 saturated carbocycles. The first-order valence-electron chi connectivity index (χ1n) is 15.0. The molecule has 0 radical (unpaired) electrons. The van der Waals surface area contributed by atoms with Crippen LogP contribution in [0.1, 0.15) is 62.1 Å². The van der Waals surface area contributed by atoms with E-state index in [4.69, 9.17) is 4.74 Å². The Hall–Kier alpha value is -3.85. The lowest BCUT2D eigenvalue weighted by Gasteiger charge is -2.34. The molecule has 1 fully saturated rings. The van der Waals surface area contributed by atoms with Crippen LogP contribution in [0.25, 0.3) is 0 Å². The fraction of sp³-hybridized carbons (Fsp3) is 0.412. The number of sulfonamides is 1. The molecule has 3 aromatic rings. The lowest BCUT2D eigenvalue weighted by Crippen LogP contribution is -2.54. The molecule has 0 aliphatic heterocycles. The topological polar surface area (TPSA) is 96.0 Å². The van der Waals surface area contributed by atoms with E-state index in [0.29, 0.717) is 17.9 Å². The predicted octanol–water partition coefficient (Wildman–Crippen LogP) is 5.76. The summed E-state index contributed by atoms with van der Waals surface area (Å²) in [6.07, 6.45) is 5.54. The van der Waals surface area contributed by atoms with Crippen LogP contribution in [0.2, 0.25) is 0 Å². The first-order valence-corrected chi connectivity index (χ1v) is 16.5. The summed E-state index contributed by atoms with van der Waals surface area (Å²) in [6, 6.07) is 20.2. The Morgan fingerprint density at radius 3 is 2.30 bits per heavy atom. The molecule has 0 heterocycles. The Labute approximate surface area is 256 Å². The van der Waals surface area contributed by atoms with E-state index in [0.717, 1.165) is 53.1 Å². The van der Waals surface area contributed by atoms with Crippen molar-refractivity contribution in [3.63, 3.8) is 0 Å². The maximum atomic E-state index is 14.3. The van der Waals surface area contributed by atoms with Gasteiger partial charge in [0.15, 0.2) is 0 Å². The molecular weight excluding hydrogens is 562 g/mol. The van der Waals surface area contributed by atoms with E-state index in [1.165, 1.54) is 7.11 Å². The van der Waals surface area contributed by atoms with Gasteiger partial charge in [-0.05, 0) is 68.5 Å². The molecule has 2 amide bonds. The molecule has 230 valence electrons. The number of nitrogens with one attached hydrogen (secondary N) is 1. The second-order valence-corrected chi connectivity index (χ2v) is 13.1. The molecule has 0 spiro atoms. The molecule has 0 bridgehead atoms. The number of hydrogen-bond donors (Lipinski definition) is 1. The first-order chi connectivity index (χ1) is 20.6. The quantitative estimate of drug-likeness (QED) is 0.283. The van der Waals surface area contributed by atoms with Crippen molar-refractivity contribution < 1.29 is 22.7 Å². The van der Waals surface area contributed by atoms with E-state index in [1.807, 2.05) is 45.0 Å². The van der Waals surface area contributed by atoms with Gasteiger partial charge in [0.1, 0.15) is 18.3 Å². The van der Waals surface area contributed by atoms with Crippen molar-refractivity contribution in [1.29, 1.82) is 0 Å². The van der Waals surface area contributed by atoms with Crippen molar-refractivity contribution in [3.8, 4) is 5.75 Å². The number of nitrogens with zero attached hydrogens (tertiary/aromatic N) is 2. The number of ether oxygens (including phenoxy) is 1. The maximum absolute atomic E-state index is 14.3. The van der Waals surface area contributed by atoms with Gasteiger partial charge in [0.25, 0.3) is 10.0 Å². The zero-order chi connectivity index (χ0) is 31.0. The highest BCUT2D eigenvalue weighted by atomic mass is 32.2. The van der Waals surface area contributed by atoms with Gasteiger partial charge in [-0.15, -0.1) is 0 Å². The molecule has 1 aliphatic rings. The average molecular weight is 606 g/mol. The van der Waals surface area contributed by atoms with Crippen LogP contribution in [-0.4, -0.2) is 50.9 Å². The summed E-state index contributed by atoms with van der Waals surface area (Å²) >= 11 is 0. The third-order valence-electron chi connectivity index (χ3n) is 8.17. The average Bonchev–Trinajstić information content (AvgIpc) is 3.01. The molecule has 3 aromatic carbocycles. The lowest BCUT2D eigenvalue weighted by molar-refractivity contribution is -0.140. The molecular formula is C34H43N3O5S. The Morgan fingerprint density at radius 1 is 0.953 bits per heavy atom. The van der Waals surface area contributed by atoms with Gasteiger partial charge < -0.3 is 15.0 Å². The predicted molar refractivity (Wildman–Crippen MR) is 170 cm³/mol. The van der Waals surface area contributed by atoms with Gasteiger partial charge in [-0.3, -0.25) is 13.9 Å². The number of aryl methyl sites for hydroxylation is 2. The van der Waals surface area contributed by atoms with Crippen molar-refractivity contribution >= 4 is 27.5 Å². The molecule has 0 saturated heterocycles. The fourth-order valence-electron chi connectivity index (χ4n) is 5.57. The maximum Gasteiger partial charge on any atom is 0.264 e. The third kappa shape index (κ3) is 7.96. The van der Waals surface area contributed by atoms with E-state index < -0.39 is 28.5 Å². The summed E-state index contributed by atoms with van der Waals surface area (Å²) < 4.78 is 34.7. The number of rotatable bonds is 12. The molecule has 4 rings (SSSR count). The third-order valence-corrected chi connectivity index (χ3v) is 9.96. The highest BCUT2D eigenvalue weighted by Crippen LogP contribution is 2.28. The van der Waals surface area contributed by atoms with Crippen molar-refractivity contribution in [2.24, 2.45) is 0 Å². The summed E-state index contributed by atoms with van der Waals surface area (Å²) in [7, 11) is -2.65. The zero-order valence-corrected chi connectivity index (χ0v) is 26.4. The number of methoxy groups -OCH3 is 1. The molecule has 1 atom stereocenters. The fourth-order valence-corrected chi connectivity index (χ4v) is 6.97. The summed E-state index contributed by atoms with van der Waals surface area (Å²) in [6.45, 7) is 5.42. The van der Waals surface area contributed by atoms with Gasteiger partial charge in [0, 0.05) is 18.7 Å². The van der Waals surface area contributed by atoms with Gasteiger partial charge in [0.05, 0.1) is 17.7 Å². The van der Waals surface area contributed by atoms with E-state index >= 15 is 0 Å². The molecule has 1 N–H and O–H groups in total. The summed E-state index contributed by atoms with van der Waals surface area (Å²) in [5.41, 5.74) is 3.10. The monoisotopic (exact) mass is 605 g/mol. The normalized spacial score (nSPS) is 14.5. The number of carbonyl (C=O) groups is 2. The van der Waals surface area contributed by atoms with Gasteiger partial charge in [0.2, 0.25) is 11.8 Å². The smallest absolute Gasteiger partial charge is 0.264 e. The first kappa shape index (κ1) is 32.1. The summed E-state index contributed by atoms with van der Waals surface area (Å²) in [5, 5.41) is 3.19. The number of benzene rings is 3. The van der Waals surface area contributed by atoms with E-state index in [9.17, 15) is 18.0 Å². The molecule has 43 heavy (non-hydrogen) atoms. The van der Waals surface area contributed by atoms with Crippen LogP contribution in [0.5, 0.6) is 5.75 Å². The van der Waals surface area contributed by atoms with Crippen LogP contribution < -0.4 is 14.4 Å². The van der Waals surface area contributed by atoms with Crippen LogP contribution in [0.3, 0.4) is 0 Å². The molecule has 8 nitrogen and oxygen atoms in total. The molecule has 1 aliphatic carbocycles. The van der Waals surface area contributed by atoms with E-state index in [1.54, 1.807) is 53.4 Å². The lowest BCUT2D eigenvalue weighted by atomic mass is 9.95. The van der Waals surface area contributed by atoms with Gasteiger partial charge >= 0.3 is 0 Å². The highest BCUT2D eigenvalue weighted by Gasteiger charge is 2.34. The van der Waals surface area contributed by atoms with Crippen LogP contribution in [0.4, 0.5) is 5.69 Å². The van der Waals surface area contributed by atoms with Gasteiger partial charge in [-0.2, -0.15) is 0 Å². The Balaban J connectivity index is 1.73. The van der Waals surface area contributed by atoms with Crippen molar-refractivity contribution in [2.45, 2.75) is 82.8 Å². The van der Waals surface area contributed by atoms with Crippen LogP contribution in [0, 0.1) is 13.8 Å². The van der Waals surface area contributed by atoms with Crippen molar-refractivity contribution in [1.82, 2.24) is 10.2 Å². The summed E-state index contributed by atoms with van der Waals surface area (Å²) in [5.74, 6) is -0.206. The minimum atomic E-state index is -4.15. The summed E-state index contributed by atoms with van der Waals surface area (Å²) in [4.78, 5) is 29.6. The zero-order valence-electron chi connectivity index (χ0n) is 25.6. The number of amides is 2. The van der Waals surface area contributed by atoms with Gasteiger partial charge in [-0.1, -0.05) is 74.2 Å². The SMILES string of the molecule is CC[C@@H](C(=O)NC1CCCCC1)N(Cc1ccccc1C)C(=O)CN(c1cccc(OC)c1)S(=O)(=O)c1ccc(C)cc1. The minimum absolute atomic E-state index is 0.0706. The Kier molecular flexibility index (Phi) is 10.9. The van der Waals surface area contributed by atoms with E-state index in [2.05, 4.69) is 5.32 Å². The molecule has 0 aromatic heterocycles. The van der Waals surface area contributed by atoms with Crippen LogP contribution in [-0.2, 0) is 26.2 Å². The minimum Gasteiger partial charge on any atom is -0.497 e. The van der Waals surface area contributed by atoms with Crippen LogP contribution in [0.15, 0.2) is 77.7 Å². The number of anilines is 1. The number of hydrogen-bond acceptors (Lipinski definition) is 5. The van der Waals surface area contributed by atoms with E-state index in [-0.39, 0.29) is 23.4 Å². The molecule has 0 unspecified atom stereocenters.